The summed E-state index contributed by atoms with van der Waals surface area (Å²) in [5.41, 5.74) is 1.75. The number of sulfonamides is 1. The Balaban J connectivity index is 1.99. The largest absolute Gasteiger partial charge is 0.299 e. The number of rotatable bonds is 5. The summed E-state index contributed by atoms with van der Waals surface area (Å²) in [6.07, 6.45) is 2.40. The maximum Gasteiger partial charge on any atom is 0.240 e. The van der Waals surface area contributed by atoms with Crippen LogP contribution in [0.1, 0.15) is 37.8 Å². The summed E-state index contributed by atoms with van der Waals surface area (Å²) in [7, 11) is -3.43. The lowest BCUT2D eigenvalue weighted by Gasteiger charge is -2.35. The van der Waals surface area contributed by atoms with Gasteiger partial charge >= 0.3 is 0 Å². The van der Waals surface area contributed by atoms with Gasteiger partial charge < -0.3 is 0 Å². The lowest BCUT2D eigenvalue weighted by molar-refractivity contribution is 0.148. The first kappa shape index (κ1) is 17.4. The van der Waals surface area contributed by atoms with E-state index in [-0.39, 0.29) is 6.04 Å². The molecule has 4 nitrogen and oxygen atoms in total. The molecule has 1 N–H and O–H groups in total. The molecule has 1 aromatic carbocycles. The van der Waals surface area contributed by atoms with E-state index < -0.39 is 10.0 Å². The molecule has 0 aromatic heterocycles. The van der Waals surface area contributed by atoms with Gasteiger partial charge in [0.25, 0.3) is 0 Å². The van der Waals surface area contributed by atoms with Crippen molar-refractivity contribution >= 4 is 10.0 Å². The molecule has 22 heavy (non-hydrogen) atoms. The highest BCUT2D eigenvalue weighted by atomic mass is 32.2. The van der Waals surface area contributed by atoms with Crippen LogP contribution in [0.5, 0.6) is 0 Å². The van der Waals surface area contributed by atoms with Crippen LogP contribution < -0.4 is 4.72 Å². The minimum Gasteiger partial charge on any atom is -0.299 e. The third kappa shape index (κ3) is 4.31. The lowest BCUT2D eigenvalue weighted by Crippen LogP contribution is -2.45. The van der Waals surface area contributed by atoms with Gasteiger partial charge in [0.15, 0.2) is 0 Å². The molecule has 0 spiro atoms. The zero-order chi connectivity index (χ0) is 16.3. The minimum atomic E-state index is -3.43. The zero-order valence-electron chi connectivity index (χ0n) is 14.1. The Morgan fingerprint density at radius 2 is 1.91 bits per heavy atom. The van der Waals surface area contributed by atoms with Gasteiger partial charge in [-0.2, -0.15) is 0 Å². The van der Waals surface area contributed by atoms with Crippen LogP contribution in [0, 0.1) is 19.8 Å². The highest BCUT2D eigenvalue weighted by molar-refractivity contribution is 7.89. The fourth-order valence-corrected chi connectivity index (χ4v) is 4.35. The van der Waals surface area contributed by atoms with Gasteiger partial charge in [-0.15, -0.1) is 0 Å². The molecule has 1 aliphatic rings. The van der Waals surface area contributed by atoms with E-state index in [4.69, 9.17) is 0 Å². The van der Waals surface area contributed by atoms with Crippen molar-refractivity contribution in [2.24, 2.45) is 5.92 Å². The number of likely N-dealkylation sites (tertiary alicyclic amines) is 1. The van der Waals surface area contributed by atoms with Gasteiger partial charge in [0, 0.05) is 12.6 Å². The van der Waals surface area contributed by atoms with Crippen LogP contribution in [0.15, 0.2) is 23.1 Å². The number of nitrogens with zero attached hydrogens (tertiary/aromatic N) is 1. The molecule has 1 heterocycles. The molecule has 1 saturated heterocycles. The van der Waals surface area contributed by atoms with Gasteiger partial charge in [-0.1, -0.05) is 19.1 Å². The van der Waals surface area contributed by atoms with E-state index in [1.165, 1.54) is 12.8 Å². The maximum absolute atomic E-state index is 12.5. The van der Waals surface area contributed by atoms with Gasteiger partial charge in [-0.25, -0.2) is 13.1 Å². The van der Waals surface area contributed by atoms with E-state index in [9.17, 15) is 8.42 Å². The quantitative estimate of drug-likeness (QED) is 0.906. The van der Waals surface area contributed by atoms with Crippen LogP contribution in [0.2, 0.25) is 0 Å². The van der Waals surface area contributed by atoms with E-state index in [0.29, 0.717) is 11.4 Å². The molecule has 0 saturated carbocycles. The molecule has 0 amide bonds. The van der Waals surface area contributed by atoms with E-state index >= 15 is 0 Å². The standard InChI is InChI=1S/C17H28N2O2S/c1-13-7-9-19(10-8-13)16(4)12-18-22(20,21)17-11-14(2)5-6-15(17)3/h5-6,11,13,16,18H,7-10,12H2,1-4H3. The third-order valence-corrected chi connectivity index (χ3v) is 6.21. The first-order chi connectivity index (χ1) is 10.3. The van der Waals surface area contributed by atoms with Crippen molar-refractivity contribution < 1.29 is 8.42 Å². The summed E-state index contributed by atoms with van der Waals surface area (Å²) in [6, 6.07) is 5.77. The Morgan fingerprint density at radius 1 is 1.27 bits per heavy atom. The molecule has 5 heteroatoms. The molecule has 1 aliphatic heterocycles. The Hall–Kier alpha value is -0.910. The van der Waals surface area contributed by atoms with Gasteiger partial charge in [0.05, 0.1) is 4.90 Å². The van der Waals surface area contributed by atoms with E-state index in [2.05, 4.69) is 23.5 Å². The number of aryl methyl sites for hydroxylation is 2. The molecule has 1 aromatic rings. The summed E-state index contributed by atoms with van der Waals surface area (Å²) in [6.45, 7) is 10.7. The molecule has 1 unspecified atom stereocenters. The second-order valence-corrected chi connectivity index (χ2v) is 8.42. The van der Waals surface area contributed by atoms with Crippen molar-refractivity contribution in [1.29, 1.82) is 0 Å². The average Bonchev–Trinajstić information content (AvgIpc) is 2.48. The summed E-state index contributed by atoms with van der Waals surface area (Å²) in [4.78, 5) is 2.78. The predicted octanol–water partition coefficient (Wildman–Crippen LogP) is 2.70. The van der Waals surface area contributed by atoms with Crippen LogP contribution in [-0.4, -0.2) is 39.0 Å². The fraction of sp³-hybridized carbons (Fsp3) is 0.647. The molecule has 0 aliphatic carbocycles. The second-order valence-electron chi connectivity index (χ2n) is 6.69. The van der Waals surface area contributed by atoms with E-state index in [0.717, 1.165) is 30.1 Å². The van der Waals surface area contributed by atoms with Crippen molar-refractivity contribution in [2.45, 2.75) is 51.5 Å². The number of benzene rings is 1. The summed E-state index contributed by atoms with van der Waals surface area (Å²) in [5.74, 6) is 0.787. The first-order valence-electron chi connectivity index (χ1n) is 8.10. The number of hydrogen-bond acceptors (Lipinski definition) is 3. The Bertz CT molecular complexity index is 605. The van der Waals surface area contributed by atoms with Gasteiger partial charge in [0.1, 0.15) is 0 Å². The van der Waals surface area contributed by atoms with Crippen LogP contribution in [-0.2, 0) is 10.0 Å². The van der Waals surface area contributed by atoms with Gasteiger partial charge in [0.2, 0.25) is 10.0 Å². The van der Waals surface area contributed by atoms with Crippen molar-refractivity contribution in [2.75, 3.05) is 19.6 Å². The molecule has 1 atom stereocenters. The zero-order valence-corrected chi connectivity index (χ0v) is 14.9. The predicted molar refractivity (Wildman–Crippen MR) is 90.5 cm³/mol. The molecule has 124 valence electrons. The number of piperidine rings is 1. The fourth-order valence-electron chi connectivity index (χ4n) is 2.90. The average molecular weight is 324 g/mol. The minimum absolute atomic E-state index is 0.229. The van der Waals surface area contributed by atoms with Gasteiger partial charge in [-0.05, 0) is 69.8 Å². The van der Waals surface area contributed by atoms with Crippen LogP contribution in [0.3, 0.4) is 0 Å². The summed E-state index contributed by atoms with van der Waals surface area (Å²) < 4.78 is 27.8. The monoisotopic (exact) mass is 324 g/mol. The third-order valence-electron chi connectivity index (χ3n) is 4.64. The molecule has 0 radical (unpaired) electrons. The molecule has 1 fully saturated rings. The van der Waals surface area contributed by atoms with Crippen molar-refractivity contribution in [3.05, 3.63) is 29.3 Å². The maximum atomic E-state index is 12.5. The Kier molecular flexibility index (Phi) is 5.64. The molecule has 2 rings (SSSR count). The van der Waals surface area contributed by atoms with Crippen LogP contribution in [0.25, 0.3) is 0 Å². The highest BCUT2D eigenvalue weighted by Gasteiger charge is 2.23. The first-order valence-corrected chi connectivity index (χ1v) is 9.59. The summed E-state index contributed by atoms with van der Waals surface area (Å²) in [5, 5.41) is 0. The lowest BCUT2D eigenvalue weighted by atomic mass is 9.98. The number of nitrogens with one attached hydrogen (secondary N) is 1. The SMILES string of the molecule is Cc1ccc(C)c(S(=O)(=O)NCC(C)N2CCC(C)CC2)c1. The normalized spacial score (nSPS) is 19.3. The number of hydrogen-bond donors (Lipinski definition) is 1. The topological polar surface area (TPSA) is 49.4 Å². The summed E-state index contributed by atoms with van der Waals surface area (Å²) >= 11 is 0. The smallest absolute Gasteiger partial charge is 0.240 e. The van der Waals surface area contributed by atoms with Crippen molar-refractivity contribution in [3.63, 3.8) is 0 Å². The van der Waals surface area contributed by atoms with Crippen LogP contribution >= 0.6 is 0 Å². The van der Waals surface area contributed by atoms with E-state index in [1.807, 2.05) is 26.0 Å². The highest BCUT2D eigenvalue weighted by Crippen LogP contribution is 2.19. The van der Waals surface area contributed by atoms with Gasteiger partial charge in [-0.3, -0.25) is 4.90 Å². The Labute approximate surface area is 135 Å². The molecular formula is C17H28N2O2S. The van der Waals surface area contributed by atoms with Crippen molar-refractivity contribution in [3.8, 4) is 0 Å². The Morgan fingerprint density at radius 3 is 2.55 bits per heavy atom. The molecule has 0 bridgehead atoms. The van der Waals surface area contributed by atoms with Crippen LogP contribution in [0.4, 0.5) is 0 Å². The van der Waals surface area contributed by atoms with E-state index in [1.54, 1.807) is 6.07 Å². The second kappa shape index (κ2) is 7.11. The van der Waals surface area contributed by atoms with Crippen molar-refractivity contribution in [1.82, 2.24) is 9.62 Å². The molecular weight excluding hydrogens is 296 g/mol.